The molecular formula is C30H29FN8OS. The van der Waals surface area contributed by atoms with Gasteiger partial charge in [0.25, 0.3) is 0 Å². The van der Waals surface area contributed by atoms with Gasteiger partial charge in [0.05, 0.1) is 22.4 Å². The van der Waals surface area contributed by atoms with Crippen molar-refractivity contribution >= 4 is 44.8 Å². The van der Waals surface area contributed by atoms with Crippen LogP contribution in [0.4, 0.5) is 20.9 Å². The van der Waals surface area contributed by atoms with E-state index in [-0.39, 0.29) is 5.82 Å². The zero-order valence-electron chi connectivity index (χ0n) is 22.5. The number of aromatic nitrogens is 4. The molecule has 1 saturated carbocycles. The largest absolute Gasteiger partial charge is 0.367 e. The number of piperazine rings is 1. The van der Waals surface area contributed by atoms with Gasteiger partial charge in [0, 0.05) is 48.9 Å². The average Bonchev–Trinajstić information content (AvgIpc) is 3.59. The molecule has 1 aliphatic heterocycles. The molecule has 0 spiro atoms. The Bertz CT molecular complexity index is 1740. The van der Waals surface area contributed by atoms with Crippen molar-refractivity contribution in [1.29, 1.82) is 0 Å². The number of anilines is 3. The quantitative estimate of drug-likeness (QED) is 0.275. The van der Waals surface area contributed by atoms with Gasteiger partial charge in [-0.25, -0.2) is 9.37 Å². The number of hydrogen-bond acceptors (Lipinski definition) is 8. The summed E-state index contributed by atoms with van der Waals surface area (Å²) in [6, 6.07) is 18.4. The van der Waals surface area contributed by atoms with Crippen LogP contribution in [-0.2, 0) is 0 Å². The van der Waals surface area contributed by atoms with E-state index in [9.17, 15) is 9.18 Å². The number of fused-ring (bicyclic) bond motifs is 1. The van der Waals surface area contributed by atoms with Crippen molar-refractivity contribution in [3.63, 3.8) is 0 Å². The Morgan fingerprint density at radius 2 is 1.68 bits per heavy atom. The molecule has 0 radical (unpaired) electrons. The monoisotopic (exact) mass is 568 g/mol. The third-order valence-electron chi connectivity index (χ3n) is 7.75. The van der Waals surface area contributed by atoms with Crippen LogP contribution in [-0.4, -0.2) is 63.8 Å². The molecule has 9 nitrogen and oxygen atoms in total. The average molecular weight is 569 g/mol. The van der Waals surface area contributed by atoms with Crippen LogP contribution < -0.4 is 16.0 Å². The number of likely N-dealkylation sites (N-methyl/N-ethyl adjacent to an activating group) is 1. The Labute approximate surface area is 240 Å². The zero-order valence-corrected chi connectivity index (χ0v) is 23.4. The molecule has 41 heavy (non-hydrogen) atoms. The summed E-state index contributed by atoms with van der Waals surface area (Å²) in [6.07, 6.45) is 2.22. The van der Waals surface area contributed by atoms with E-state index in [4.69, 9.17) is 10.7 Å². The fourth-order valence-electron chi connectivity index (χ4n) is 5.33. The summed E-state index contributed by atoms with van der Waals surface area (Å²) in [4.78, 5) is 21.2. The Balaban J connectivity index is 1.29. The van der Waals surface area contributed by atoms with E-state index in [1.165, 1.54) is 23.5 Å². The summed E-state index contributed by atoms with van der Waals surface area (Å²) < 4.78 is 16.0. The number of benzene rings is 3. The molecule has 5 aromatic rings. The van der Waals surface area contributed by atoms with Gasteiger partial charge >= 0.3 is 0 Å². The standard InChI is InChI=1S/C30H29FN8OS/c1-37-12-14-38(15-13-37)25-17-26-24(33-28(39(26)22-10-11-22)19-6-8-21(31)9-7-19)16-23(25)34-30-36-35-29(41-30)20-4-2-18(3-5-20)27(32)40/h2-9,16-17,22H,10-15H2,1H3,(H2,32,40)(H,34,36). The number of primary amides is 1. The van der Waals surface area contributed by atoms with Gasteiger partial charge in [-0.05, 0) is 68.4 Å². The Morgan fingerprint density at radius 1 is 0.976 bits per heavy atom. The van der Waals surface area contributed by atoms with Gasteiger partial charge in [0.2, 0.25) is 11.0 Å². The second-order valence-electron chi connectivity index (χ2n) is 10.7. The molecule has 0 bridgehead atoms. The van der Waals surface area contributed by atoms with Gasteiger partial charge in [-0.1, -0.05) is 23.5 Å². The molecule has 2 fully saturated rings. The van der Waals surface area contributed by atoms with Crippen LogP contribution >= 0.6 is 11.3 Å². The van der Waals surface area contributed by atoms with E-state index in [0.717, 1.165) is 83.4 Å². The molecule has 2 aliphatic rings. The van der Waals surface area contributed by atoms with Crippen molar-refractivity contribution in [3.8, 4) is 22.0 Å². The molecule has 1 saturated heterocycles. The van der Waals surface area contributed by atoms with Gasteiger partial charge in [-0.2, -0.15) is 0 Å². The predicted octanol–water partition coefficient (Wildman–Crippen LogP) is 5.29. The lowest BCUT2D eigenvalue weighted by molar-refractivity contribution is 0.100. The van der Waals surface area contributed by atoms with Gasteiger partial charge in [-0.15, -0.1) is 10.2 Å². The van der Waals surface area contributed by atoms with Crippen LogP contribution in [0.5, 0.6) is 0 Å². The van der Waals surface area contributed by atoms with E-state index >= 15 is 0 Å². The van der Waals surface area contributed by atoms with Gasteiger partial charge in [-0.3, -0.25) is 4.79 Å². The first-order valence-corrected chi connectivity index (χ1v) is 14.5. The number of nitrogens with zero attached hydrogens (tertiary/aromatic N) is 6. The molecule has 1 amide bonds. The highest BCUT2D eigenvalue weighted by Gasteiger charge is 2.30. The SMILES string of the molecule is CN1CCN(c2cc3c(cc2Nc2nnc(-c4ccc(C(N)=O)cc4)s2)nc(-c2ccc(F)cc2)n3C2CC2)CC1. The maximum atomic E-state index is 13.7. The van der Waals surface area contributed by atoms with Crippen molar-refractivity contribution in [2.45, 2.75) is 18.9 Å². The lowest BCUT2D eigenvalue weighted by Crippen LogP contribution is -2.44. The van der Waals surface area contributed by atoms with Crippen molar-refractivity contribution < 1.29 is 9.18 Å². The van der Waals surface area contributed by atoms with E-state index in [1.807, 2.05) is 12.1 Å². The molecule has 3 heterocycles. The van der Waals surface area contributed by atoms with Crippen LogP contribution in [0, 0.1) is 5.82 Å². The maximum absolute atomic E-state index is 13.7. The van der Waals surface area contributed by atoms with Crippen LogP contribution in [0.2, 0.25) is 0 Å². The molecule has 3 N–H and O–H groups in total. The van der Waals surface area contributed by atoms with Crippen LogP contribution in [0.25, 0.3) is 33.0 Å². The number of nitrogens with one attached hydrogen (secondary N) is 1. The van der Waals surface area contributed by atoms with Gasteiger partial charge in [0.1, 0.15) is 16.6 Å². The first kappa shape index (κ1) is 25.6. The molecule has 0 atom stereocenters. The summed E-state index contributed by atoms with van der Waals surface area (Å²) in [5.41, 5.74) is 11.6. The van der Waals surface area contributed by atoms with Crippen LogP contribution in [0.1, 0.15) is 29.2 Å². The molecule has 1 aliphatic carbocycles. The number of rotatable bonds is 7. The third-order valence-corrected chi connectivity index (χ3v) is 8.64. The number of halogens is 1. The Morgan fingerprint density at radius 3 is 2.37 bits per heavy atom. The van der Waals surface area contributed by atoms with E-state index in [0.29, 0.717) is 16.7 Å². The zero-order chi connectivity index (χ0) is 28.1. The third kappa shape index (κ3) is 5.02. The lowest BCUT2D eigenvalue weighted by atomic mass is 10.1. The highest BCUT2D eigenvalue weighted by atomic mass is 32.1. The summed E-state index contributed by atoms with van der Waals surface area (Å²) >= 11 is 1.44. The Hall–Kier alpha value is -4.35. The fourth-order valence-corrected chi connectivity index (χ4v) is 6.09. The minimum Gasteiger partial charge on any atom is -0.367 e. The smallest absolute Gasteiger partial charge is 0.248 e. The molecule has 7 rings (SSSR count). The van der Waals surface area contributed by atoms with Crippen molar-refractivity contribution in [2.24, 2.45) is 5.73 Å². The maximum Gasteiger partial charge on any atom is 0.248 e. The highest BCUT2D eigenvalue weighted by molar-refractivity contribution is 7.18. The second kappa shape index (κ2) is 10.2. The first-order valence-electron chi connectivity index (χ1n) is 13.7. The number of imidazole rings is 1. The first-order chi connectivity index (χ1) is 19.9. The molecule has 11 heteroatoms. The molecular weight excluding hydrogens is 539 g/mol. The normalized spacial score (nSPS) is 15.9. The minimum absolute atomic E-state index is 0.257. The molecule has 208 valence electrons. The lowest BCUT2D eigenvalue weighted by Gasteiger charge is -2.35. The van der Waals surface area contributed by atoms with E-state index in [2.05, 4.69) is 49.1 Å². The second-order valence-corrected chi connectivity index (χ2v) is 11.6. The molecule has 2 aromatic heterocycles. The number of hydrogen-bond donors (Lipinski definition) is 2. The van der Waals surface area contributed by atoms with Crippen molar-refractivity contribution in [3.05, 3.63) is 72.0 Å². The topological polar surface area (TPSA) is 105 Å². The number of carbonyl (C=O) groups is 1. The summed E-state index contributed by atoms with van der Waals surface area (Å²) in [5, 5.41) is 13.7. The number of nitrogens with two attached hydrogens (primary N) is 1. The summed E-state index contributed by atoms with van der Waals surface area (Å²) in [7, 11) is 2.15. The number of amides is 1. The number of carbonyl (C=O) groups excluding carboxylic acids is 1. The summed E-state index contributed by atoms with van der Waals surface area (Å²) in [5.74, 6) is 0.142. The predicted molar refractivity (Wildman–Crippen MR) is 160 cm³/mol. The van der Waals surface area contributed by atoms with Gasteiger partial charge < -0.3 is 25.4 Å². The van der Waals surface area contributed by atoms with Crippen molar-refractivity contribution in [1.82, 2.24) is 24.6 Å². The van der Waals surface area contributed by atoms with Gasteiger partial charge in [0.15, 0.2) is 0 Å². The minimum atomic E-state index is -0.463. The van der Waals surface area contributed by atoms with E-state index in [1.54, 1.807) is 24.3 Å². The molecule has 0 unspecified atom stereocenters. The fraction of sp³-hybridized carbons (Fsp3) is 0.267. The highest BCUT2D eigenvalue weighted by Crippen LogP contribution is 2.44. The van der Waals surface area contributed by atoms with Crippen LogP contribution in [0.3, 0.4) is 0 Å². The summed E-state index contributed by atoms with van der Waals surface area (Å²) in [6.45, 7) is 3.77. The van der Waals surface area contributed by atoms with Crippen molar-refractivity contribution in [2.75, 3.05) is 43.4 Å². The Kier molecular flexibility index (Phi) is 6.40. The molecule has 3 aromatic carbocycles. The van der Waals surface area contributed by atoms with E-state index < -0.39 is 5.91 Å². The van der Waals surface area contributed by atoms with Crippen LogP contribution in [0.15, 0.2) is 60.7 Å².